The zero-order valence-electron chi connectivity index (χ0n) is 16.0. The molecule has 140 valence electrons. The van der Waals surface area contributed by atoms with Crippen molar-refractivity contribution < 1.29 is 9.53 Å². The van der Waals surface area contributed by atoms with E-state index in [1.54, 1.807) is 7.11 Å². The summed E-state index contributed by atoms with van der Waals surface area (Å²) in [4.78, 5) is 22.9. The molecule has 2 aromatic rings. The van der Waals surface area contributed by atoms with Crippen LogP contribution in [0.3, 0.4) is 0 Å². The molecule has 1 aliphatic carbocycles. The number of hydrogen-bond donors (Lipinski definition) is 1. The maximum absolute atomic E-state index is 12.9. The smallest absolute Gasteiger partial charge is 0.233 e. The van der Waals surface area contributed by atoms with Crippen LogP contribution >= 0.6 is 11.8 Å². The lowest BCUT2D eigenvalue weighted by atomic mass is 9.65. The highest BCUT2D eigenvalue weighted by Crippen LogP contribution is 2.52. The van der Waals surface area contributed by atoms with E-state index in [1.807, 2.05) is 18.2 Å². The fraction of sp³-hybridized carbons (Fsp3) is 0.600. The molecule has 26 heavy (non-hydrogen) atoms. The van der Waals surface area contributed by atoms with Crippen LogP contribution in [0.15, 0.2) is 23.4 Å². The average Bonchev–Trinajstić information content (AvgIpc) is 3.08. The third kappa shape index (κ3) is 3.31. The van der Waals surface area contributed by atoms with Crippen molar-refractivity contribution in [3.05, 3.63) is 18.2 Å². The third-order valence-corrected chi connectivity index (χ3v) is 6.59. The molecule has 6 heteroatoms. The molecule has 1 amide bonds. The second kappa shape index (κ2) is 6.19. The van der Waals surface area contributed by atoms with Gasteiger partial charge >= 0.3 is 0 Å². The molecule has 2 bridgehead atoms. The summed E-state index contributed by atoms with van der Waals surface area (Å²) in [5.41, 5.74) is 2.44. The topological polar surface area (TPSA) is 58.2 Å². The summed E-state index contributed by atoms with van der Waals surface area (Å²) in [5, 5.41) is 0.787. The Labute approximate surface area is 158 Å². The number of nitrogens with one attached hydrogen (secondary N) is 1. The number of aromatic amines is 1. The van der Waals surface area contributed by atoms with Gasteiger partial charge in [-0.05, 0) is 42.2 Å². The van der Waals surface area contributed by atoms with E-state index in [9.17, 15) is 4.79 Å². The van der Waals surface area contributed by atoms with Gasteiger partial charge in [-0.25, -0.2) is 4.98 Å². The van der Waals surface area contributed by atoms with Gasteiger partial charge in [-0.3, -0.25) is 4.79 Å². The summed E-state index contributed by atoms with van der Waals surface area (Å²) in [7, 11) is 1.65. The fourth-order valence-electron chi connectivity index (χ4n) is 5.13. The number of fused-ring (bicyclic) bond motifs is 3. The zero-order chi connectivity index (χ0) is 18.5. The Kier molecular flexibility index (Phi) is 4.21. The third-order valence-electron chi connectivity index (χ3n) is 5.73. The van der Waals surface area contributed by atoms with Crippen molar-refractivity contribution in [2.45, 2.75) is 51.2 Å². The normalized spacial score (nSPS) is 27.1. The van der Waals surface area contributed by atoms with Crippen LogP contribution in [-0.4, -0.2) is 46.2 Å². The first-order chi connectivity index (χ1) is 12.3. The number of imidazole rings is 1. The van der Waals surface area contributed by atoms with Crippen molar-refractivity contribution in [2.75, 3.05) is 19.4 Å². The predicted octanol–water partition coefficient (Wildman–Crippen LogP) is 4.09. The van der Waals surface area contributed by atoms with Gasteiger partial charge in [0.2, 0.25) is 5.91 Å². The number of carbonyl (C=O) groups is 1. The average molecular weight is 374 g/mol. The zero-order valence-corrected chi connectivity index (χ0v) is 16.8. The van der Waals surface area contributed by atoms with Gasteiger partial charge in [-0.15, -0.1) is 0 Å². The van der Waals surface area contributed by atoms with E-state index in [0.29, 0.717) is 17.2 Å². The Balaban J connectivity index is 1.43. The standard InChI is InChI=1S/C20H27N3O2S/c1-19(2)8-13-9-20(3,11-19)12-23(13)17(24)10-26-18-21-15-6-5-14(25-4)7-16(15)22-18/h5-7,13H,8-12H2,1-4H3,(H,21,22)/t13-,20-/m0/s1. The molecule has 2 atom stereocenters. The van der Waals surface area contributed by atoms with Crippen molar-refractivity contribution in [3.8, 4) is 5.75 Å². The molecule has 1 saturated heterocycles. The molecule has 1 aliphatic heterocycles. The van der Waals surface area contributed by atoms with E-state index in [4.69, 9.17) is 4.74 Å². The Morgan fingerprint density at radius 2 is 2.19 bits per heavy atom. The molecule has 2 heterocycles. The number of benzene rings is 1. The lowest BCUT2D eigenvalue weighted by Gasteiger charge is -2.39. The number of amides is 1. The number of aromatic nitrogens is 2. The van der Waals surface area contributed by atoms with Crippen LogP contribution in [0.1, 0.15) is 40.0 Å². The SMILES string of the molecule is COc1ccc2nc(SCC(=O)N3C[C@@]4(C)C[C@@H]3CC(C)(C)C4)[nH]c2c1. The van der Waals surface area contributed by atoms with Crippen LogP contribution in [0.2, 0.25) is 0 Å². The summed E-state index contributed by atoms with van der Waals surface area (Å²) in [5.74, 6) is 1.47. The molecular weight excluding hydrogens is 346 g/mol. The molecule has 0 radical (unpaired) electrons. The van der Waals surface area contributed by atoms with Gasteiger partial charge in [-0.2, -0.15) is 0 Å². The van der Waals surface area contributed by atoms with Gasteiger partial charge in [-0.1, -0.05) is 32.5 Å². The molecule has 1 aromatic heterocycles. The summed E-state index contributed by atoms with van der Waals surface area (Å²) in [6, 6.07) is 6.16. The lowest BCUT2D eigenvalue weighted by Crippen LogP contribution is -2.38. The van der Waals surface area contributed by atoms with Crippen molar-refractivity contribution in [1.82, 2.24) is 14.9 Å². The van der Waals surface area contributed by atoms with Crippen LogP contribution in [0, 0.1) is 10.8 Å². The van der Waals surface area contributed by atoms with Gasteiger partial charge in [0.1, 0.15) is 5.75 Å². The molecule has 1 N–H and O–H groups in total. The van der Waals surface area contributed by atoms with Crippen LogP contribution in [0.4, 0.5) is 0 Å². The van der Waals surface area contributed by atoms with E-state index in [-0.39, 0.29) is 11.3 Å². The predicted molar refractivity (Wildman–Crippen MR) is 105 cm³/mol. The minimum atomic E-state index is 0.236. The second-order valence-corrected chi connectivity index (χ2v) is 9.91. The van der Waals surface area contributed by atoms with E-state index >= 15 is 0 Å². The second-order valence-electron chi connectivity index (χ2n) is 8.95. The Hall–Kier alpha value is -1.69. The summed E-state index contributed by atoms with van der Waals surface area (Å²) in [6.07, 6.45) is 3.47. The van der Waals surface area contributed by atoms with Crippen LogP contribution in [-0.2, 0) is 4.79 Å². The Morgan fingerprint density at radius 1 is 1.38 bits per heavy atom. The quantitative estimate of drug-likeness (QED) is 0.820. The van der Waals surface area contributed by atoms with E-state index < -0.39 is 0 Å². The first-order valence-corrected chi connectivity index (χ1v) is 10.2. The number of hydrogen-bond acceptors (Lipinski definition) is 4. The van der Waals surface area contributed by atoms with Crippen LogP contribution in [0.5, 0.6) is 5.75 Å². The van der Waals surface area contributed by atoms with Gasteiger partial charge in [0.05, 0.1) is 23.9 Å². The summed E-state index contributed by atoms with van der Waals surface area (Å²) in [6.45, 7) is 7.91. The first-order valence-electron chi connectivity index (χ1n) is 9.23. The Bertz CT molecular complexity index is 847. The summed E-state index contributed by atoms with van der Waals surface area (Å²) < 4.78 is 5.25. The number of H-pyrrole nitrogens is 1. The number of carbonyl (C=O) groups excluding carboxylic acids is 1. The minimum absolute atomic E-state index is 0.236. The summed E-state index contributed by atoms with van der Waals surface area (Å²) >= 11 is 1.49. The van der Waals surface area contributed by atoms with Crippen molar-refractivity contribution in [2.24, 2.45) is 10.8 Å². The molecule has 2 fully saturated rings. The molecule has 2 aliphatic rings. The van der Waals surface area contributed by atoms with Crippen LogP contribution < -0.4 is 4.74 Å². The van der Waals surface area contributed by atoms with Gasteiger partial charge < -0.3 is 14.6 Å². The monoisotopic (exact) mass is 373 g/mol. The van der Waals surface area contributed by atoms with Crippen molar-refractivity contribution >= 4 is 28.7 Å². The molecule has 0 unspecified atom stereocenters. The molecule has 1 aromatic carbocycles. The number of likely N-dealkylation sites (tertiary alicyclic amines) is 1. The van der Waals surface area contributed by atoms with E-state index in [2.05, 4.69) is 35.6 Å². The maximum atomic E-state index is 12.9. The van der Waals surface area contributed by atoms with Gasteiger partial charge in [0.15, 0.2) is 5.16 Å². The largest absolute Gasteiger partial charge is 0.497 e. The highest BCUT2D eigenvalue weighted by molar-refractivity contribution is 7.99. The van der Waals surface area contributed by atoms with Crippen LogP contribution in [0.25, 0.3) is 11.0 Å². The lowest BCUT2D eigenvalue weighted by molar-refractivity contribution is -0.129. The molecule has 4 rings (SSSR count). The fourth-order valence-corrected chi connectivity index (χ4v) is 5.90. The van der Waals surface area contributed by atoms with Crippen molar-refractivity contribution in [1.29, 1.82) is 0 Å². The molecule has 0 spiro atoms. The van der Waals surface area contributed by atoms with Gasteiger partial charge in [0, 0.05) is 18.7 Å². The number of ether oxygens (including phenoxy) is 1. The first kappa shape index (κ1) is 17.7. The highest BCUT2D eigenvalue weighted by Gasteiger charge is 2.50. The number of nitrogens with zero attached hydrogens (tertiary/aromatic N) is 2. The molecule has 1 saturated carbocycles. The molecular formula is C20H27N3O2S. The number of rotatable bonds is 4. The number of methoxy groups -OCH3 is 1. The number of thioether (sulfide) groups is 1. The van der Waals surface area contributed by atoms with E-state index in [0.717, 1.165) is 41.3 Å². The Morgan fingerprint density at radius 3 is 2.96 bits per heavy atom. The van der Waals surface area contributed by atoms with Crippen molar-refractivity contribution in [3.63, 3.8) is 0 Å². The highest BCUT2D eigenvalue weighted by atomic mass is 32.2. The van der Waals surface area contributed by atoms with E-state index in [1.165, 1.54) is 18.2 Å². The molecule has 5 nitrogen and oxygen atoms in total. The maximum Gasteiger partial charge on any atom is 0.233 e. The van der Waals surface area contributed by atoms with Gasteiger partial charge in [0.25, 0.3) is 0 Å². The minimum Gasteiger partial charge on any atom is -0.497 e.